The molecule has 1 aromatic rings. The summed E-state index contributed by atoms with van der Waals surface area (Å²) in [5.74, 6) is 2.21. The zero-order valence-corrected chi connectivity index (χ0v) is 19.9. The third-order valence-corrected chi connectivity index (χ3v) is 5.50. The molecule has 1 aliphatic carbocycles. The van der Waals surface area contributed by atoms with Crippen molar-refractivity contribution in [1.29, 1.82) is 0 Å². The van der Waals surface area contributed by atoms with Crippen LogP contribution in [0.4, 0.5) is 5.69 Å². The maximum Gasteiger partial charge on any atom is 0.153 e. The average Bonchev–Trinajstić information content (AvgIpc) is 2.66. The Bertz CT molecular complexity index is 624. The molecule has 0 bridgehead atoms. The summed E-state index contributed by atoms with van der Waals surface area (Å²) in [7, 11) is 0. The lowest BCUT2D eigenvalue weighted by Crippen LogP contribution is -2.44. The Morgan fingerprint density at radius 3 is 2.55 bits per heavy atom. The van der Waals surface area contributed by atoms with Crippen LogP contribution in [-0.2, 0) is 6.54 Å². The van der Waals surface area contributed by atoms with Crippen LogP contribution < -0.4 is 21.1 Å². The maximum atomic E-state index is 5.91. The number of nitrogens with one attached hydrogen (secondary N) is 2. The van der Waals surface area contributed by atoms with E-state index in [1.807, 2.05) is 13.0 Å². The third kappa shape index (κ3) is 8.50. The standard InChI is InChI=1S/C21H34N4O.3ClH/c1-3-7-20(23-13-16-8-5-4-6-9-16)24-14-17-10-11-19-18(12-17)25-21(22)15(2)26-19;;;/h10-12,15-16,20,23-24H,3-9,13-14H2,1-2H3,(H2,22,25);3*1H. The highest BCUT2D eigenvalue weighted by Crippen LogP contribution is 2.32. The van der Waals surface area contributed by atoms with Crippen molar-refractivity contribution < 1.29 is 4.74 Å². The average molecular weight is 468 g/mol. The highest BCUT2D eigenvalue weighted by atomic mass is 35.5. The summed E-state index contributed by atoms with van der Waals surface area (Å²) in [6.07, 6.45) is 9.52. The van der Waals surface area contributed by atoms with Gasteiger partial charge in [-0.05, 0) is 56.3 Å². The molecule has 0 aromatic heterocycles. The van der Waals surface area contributed by atoms with Gasteiger partial charge >= 0.3 is 0 Å². The Morgan fingerprint density at radius 1 is 1.14 bits per heavy atom. The van der Waals surface area contributed by atoms with Gasteiger partial charge in [-0.2, -0.15) is 0 Å². The van der Waals surface area contributed by atoms with E-state index >= 15 is 0 Å². The summed E-state index contributed by atoms with van der Waals surface area (Å²) in [4.78, 5) is 4.47. The quantitative estimate of drug-likeness (QED) is 0.465. The second-order valence-electron chi connectivity index (χ2n) is 7.73. The topological polar surface area (TPSA) is 71.7 Å². The van der Waals surface area contributed by atoms with E-state index in [2.05, 4.69) is 34.7 Å². The van der Waals surface area contributed by atoms with Gasteiger partial charge < -0.3 is 15.8 Å². The number of benzene rings is 1. The molecule has 2 atom stereocenters. The third-order valence-electron chi connectivity index (χ3n) is 5.50. The molecule has 2 aliphatic rings. The number of hydrogen-bond acceptors (Lipinski definition) is 5. The van der Waals surface area contributed by atoms with Gasteiger partial charge in [0, 0.05) is 6.54 Å². The van der Waals surface area contributed by atoms with Crippen LogP contribution in [0.25, 0.3) is 0 Å². The van der Waals surface area contributed by atoms with Crippen molar-refractivity contribution in [3.63, 3.8) is 0 Å². The monoisotopic (exact) mass is 466 g/mol. The van der Waals surface area contributed by atoms with Crippen LogP contribution >= 0.6 is 37.2 Å². The molecule has 1 aromatic carbocycles. The molecule has 4 N–H and O–H groups in total. The molecule has 1 heterocycles. The Kier molecular flexibility index (Phi) is 14.0. The van der Waals surface area contributed by atoms with Crippen LogP contribution in [-0.4, -0.2) is 24.7 Å². The van der Waals surface area contributed by atoms with Crippen LogP contribution in [0, 0.1) is 5.92 Å². The molecular formula is C21H37Cl3N4O. The largest absolute Gasteiger partial charge is 0.481 e. The van der Waals surface area contributed by atoms with Crippen molar-refractivity contribution in [3.8, 4) is 5.75 Å². The summed E-state index contributed by atoms with van der Waals surface area (Å²) >= 11 is 0. The number of halogens is 3. The highest BCUT2D eigenvalue weighted by Gasteiger charge is 2.19. The van der Waals surface area contributed by atoms with E-state index < -0.39 is 0 Å². The van der Waals surface area contributed by atoms with Crippen LogP contribution in [0.2, 0.25) is 0 Å². The fourth-order valence-electron chi connectivity index (χ4n) is 3.85. The molecule has 0 saturated heterocycles. The minimum Gasteiger partial charge on any atom is -0.481 e. The van der Waals surface area contributed by atoms with E-state index in [9.17, 15) is 0 Å². The summed E-state index contributed by atoms with van der Waals surface area (Å²) < 4.78 is 5.78. The van der Waals surface area contributed by atoms with E-state index in [-0.39, 0.29) is 43.3 Å². The summed E-state index contributed by atoms with van der Waals surface area (Å²) in [6.45, 7) is 6.12. The molecule has 0 amide bonds. The second-order valence-corrected chi connectivity index (χ2v) is 7.73. The molecule has 5 nitrogen and oxygen atoms in total. The lowest BCUT2D eigenvalue weighted by Gasteiger charge is -2.26. The molecule has 1 aliphatic heterocycles. The van der Waals surface area contributed by atoms with E-state index in [4.69, 9.17) is 10.5 Å². The predicted molar refractivity (Wildman–Crippen MR) is 130 cm³/mol. The van der Waals surface area contributed by atoms with E-state index in [1.165, 1.54) is 44.1 Å². The van der Waals surface area contributed by atoms with E-state index in [1.54, 1.807) is 0 Å². The lowest BCUT2D eigenvalue weighted by molar-refractivity contribution is 0.281. The summed E-state index contributed by atoms with van der Waals surface area (Å²) in [5.41, 5.74) is 7.96. The molecule has 1 fully saturated rings. The lowest BCUT2D eigenvalue weighted by atomic mass is 9.89. The van der Waals surface area contributed by atoms with Gasteiger partial charge in [0.25, 0.3) is 0 Å². The van der Waals surface area contributed by atoms with Crippen molar-refractivity contribution in [1.82, 2.24) is 10.6 Å². The number of rotatable bonds is 8. The summed E-state index contributed by atoms with van der Waals surface area (Å²) in [5, 5.41) is 7.42. The second kappa shape index (κ2) is 14.3. The van der Waals surface area contributed by atoms with Crippen LogP contribution in [0.3, 0.4) is 0 Å². The van der Waals surface area contributed by atoms with Crippen molar-refractivity contribution in [3.05, 3.63) is 23.8 Å². The maximum absolute atomic E-state index is 5.91. The first-order valence-corrected chi connectivity index (χ1v) is 10.3. The molecule has 1 saturated carbocycles. The van der Waals surface area contributed by atoms with Gasteiger partial charge in [-0.3, -0.25) is 5.32 Å². The van der Waals surface area contributed by atoms with Gasteiger partial charge in [0.1, 0.15) is 17.3 Å². The van der Waals surface area contributed by atoms with Crippen molar-refractivity contribution in [2.24, 2.45) is 16.6 Å². The smallest absolute Gasteiger partial charge is 0.153 e. The van der Waals surface area contributed by atoms with Gasteiger partial charge in [-0.1, -0.05) is 38.7 Å². The summed E-state index contributed by atoms with van der Waals surface area (Å²) in [6, 6.07) is 6.19. The molecule has 29 heavy (non-hydrogen) atoms. The number of amidine groups is 1. The zero-order valence-electron chi connectivity index (χ0n) is 17.5. The van der Waals surface area contributed by atoms with Crippen molar-refractivity contribution in [2.45, 2.75) is 77.6 Å². The number of nitrogens with two attached hydrogens (primary N) is 1. The Labute approximate surface area is 194 Å². The minimum absolute atomic E-state index is 0. The molecule has 168 valence electrons. The number of nitrogens with zero attached hydrogens (tertiary/aromatic N) is 1. The first-order valence-electron chi connectivity index (χ1n) is 10.3. The van der Waals surface area contributed by atoms with Gasteiger partial charge in [0.2, 0.25) is 0 Å². The van der Waals surface area contributed by atoms with Crippen molar-refractivity contribution in [2.75, 3.05) is 6.54 Å². The Balaban J connectivity index is 0.00000261. The SMILES string of the molecule is CCCC(NCc1ccc2c(c1)N=C(N)C(C)O2)NCC1CCCCC1.Cl.Cl.Cl. The van der Waals surface area contributed by atoms with Gasteiger partial charge in [-0.15, -0.1) is 37.2 Å². The fraction of sp³-hybridized carbons (Fsp3) is 0.667. The number of fused-ring (bicyclic) bond motifs is 1. The number of aliphatic imine (C=N–C) groups is 1. The molecule has 2 unspecified atom stereocenters. The normalized spacial score (nSPS) is 19.4. The Hall–Kier alpha value is -0.720. The van der Waals surface area contributed by atoms with Gasteiger partial charge in [-0.25, -0.2) is 4.99 Å². The van der Waals surface area contributed by atoms with E-state index in [0.717, 1.165) is 36.9 Å². The first kappa shape index (κ1) is 28.3. The van der Waals surface area contributed by atoms with Crippen LogP contribution in [0.5, 0.6) is 5.75 Å². The molecule has 0 radical (unpaired) electrons. The fourth-order valence-corrected chi connectivity index (χ4v) is 3.85. The molecule has 0 spiro atoms. The van der Waals surface area contributed by atoms with Gasteiger partial charge in [0.05, 0.1) is 6.17 Å². The minimum atomic E-state index is -0.149. The predicted octanol–water partition coefficient (Wildman–Crippen LogP) is 5.11. The molecule has 8 heteroatoms. The highest BCUT2D eigenvalue weighted by molar-refractivity contribution is 5.89. The molecular weight excluding hydrogens is 431 g/mol. The van der Waals surface area contributed by atoms with Gasteiger partial charge in [0.15, 0.2) is 6.10 Å². The van der Waals surface area contributed by atoms with Crippen LogP contribution in [0.15, 0.2) is 23.2 Å². The van der Waals surface area contributed by atoms with Crippen LogP contribution in [0.1, 0.15) is 64.4 Å². The van der Waals surface area contributed by atoms with E-state index in [0.29, 0.717) is 12.0 Å². The van der Waals surface area contributed by atoms with Crippen molar-refractivity contribution >= 4 is 48.7 Å². The molecule has 3 rings (SSSR count). The zero-order chi connectivity index (χ0) is 18.4. The Morgan fingerprint density at radius 2 is 1.86 bits per heavy atom. The number of hydrogen-bond donors (Lipinski definition) is 3. The number of ether oxygens (including phenoxy) is 1. The first-order chi connectivity index (χ1) is 12.7.